The molecule has 0 atom stereocenters. The number of halogens is 1. The van der Waals surface area contributed by atoms with Gasteiger partial charge in [-0.3, -0.25) is 4.79 Å². The maximum absolute atomic E-state index is 12.2. The summed E-state index contributed by atoms with van der Waals surface area (Å²) in [7, 11) is 0. The average molecular weight is 321 g/mol. The Morgan fingerprint density at radius 3 is 2.68 bits per heavy atom. The minimum atomic E-state index is -0.0468. The van der Waals surface area contributed by atoms with E-state index in [2.05, 4.69) is 35.1 Å². The van der Waals surface area contributed by atoms with Crippen molar-refractivity contribution in [3.05, 3.63) is 58.3 Å². The number of nitrogens with one attached hydrogen (secondary N) is 1. The van der Waals surface area contributed by atoms with E-state index in [0.29, 0.717) is 12.2 Å². The first kappa shape index (κ1) is 13.9. The van der Waals surface area contributed by atoms with Crippen molar-refractivity contribution in [2.75, 3.05) is 0 Å². The van der Waals surface area contributed by atoms with Crippen molar-refractivity contribution < 1.29 is 4.79 Å². The van der Waals surface area contributed by atoms with Crippen molar-refractivity contribution in [2.24, 2.45) is 0 Å². The molecule has 2 rings (SSSR count). The molecule has 0 spiro atoms. The van der Waals surface area contributed by atoms with Crippen LogP contribution in [0.3, 0.4) is 0 Å². The number of carbonyl (C=O) groups excluding carboxylic acids is 1. The lowest BCUT2D eigenvalue weighted by molar-refractivity contribution is 0.0940. The minimum Gasteiger partial charge on any atom is -0.347 e. The van der Waals surface area contributed by atoms with E-state index in [4.69, 9.17) is 0 Å². The predicted molar refractivity (Wildman–Crippen MR) is 80.1 cm³/mol. The maximum atomic E-state index is 12.2. The summed E-state index contributed by atoms with van der Waals surface area (Å²) in [4.78, 5) is 12.2. The van der Waals surface area contributed by atoms with E-state index in [-0.39, 0.29) is 11.9 Å². The lowest BCUT2D eigenvalue weighted by atomic mass is 10.2. The van der Waals surface area contributed by atoms with Crippen molar-refractivity contribution in [2.45, 2.75) is 26.4 Å². The van der Waals surface area contributed by atoms with Crippen molar-refractivity contribution >= 4 is 21.8 Å². The number of aromatic nitrogens is 1. The molecule has 4 heteroatoms. The summed E-state index contributed by atoms with van der Waals surface area (Å²) in [5.41, 5.74) is 1.76. The molecule has 0 aliphatic rings. The highest BCUT2D eigenvalue weighted by molar-refractivity contribution is 9.10. The first-order valence-electron chi connectivity index (χ1n) is 6.28. The van der Waals surface area contributed by atoms with Gasteiger partial charge in [-0.25, -0.2) is 0 Å². The molecule has 1 aromatic heterocycles. The summed E-state index contributed by atoms with van der Waals surface area (Å²) in [5, 5.41) is 2.95. The van der Waals surface area contributed by atoms with Gasteiger partial charge in [-0.15, -0.1) is 0 Å². The van der Waals surface area contributed by atoms with Crippen molar-refractivity contribution in [3.63, 3.8) is 0 Å². The lowest BCUT2D eigenvalue weighted by Gasteiger charge is -2.13. The molecule has 0 unspecified atom stereocenters. The van der Waals surface area contributed by atoms with E-state index < -0.39 is 0 Å². The molecule has 19 heavy (non-hydrogen) atoms. The zero-order valence-corrected chi connectivity index (χ0v) is 12.6. The van der Waals surface area contributed by atoms with Crippen LogP contribution in [0.25, 0.3) is 0 Å². The smallest absolute Gasteiger partial charge is 0.268 e. The number of nitrogens with zero attached hydrogens (tertiary/aromatic N) is 1. The Labute approximate surface area is 121 Å². The molecule has 3 nitrogen and oxygen atoms in total. The lowest BCUT2D eigenvalue weighted by Crippen LogP contribution is -2.26. The molecule has 1 aromatic carbocycles. The van der Waals surface area contributed by atoms with Crippen LogP contribution in [0, 0.1) is 0 Å². The van der Waals surface area contributed by atoms with Gasteiger partial charge < -0.3 is 9.88 Å². The van der Waals surface area contributed by atoms with Crippen LogP contribution in [0.4, 0.5) is 0 Å². The summed E-state index contributed by atoms with van der Waals surface area (Å²) < 4.78 is 2.98. The zero-order chi connectivity index (χ0) is 13.8. The fourth-order valence-corrected chi connectivity index (χ4v) is 2.37. The third kappa shape index (κ3) is 3.26. The average Bonchev–Trinajstić information content (AvgIpc) is 2.87. The third-order valence-corrected chi connectivity index (χ3v) is 3.74. The van der Waals surface area contributed by atoms with Crippen LogP contribution in [-0.4, -0.2) is 10.5 Å². The fourth-order valence-electron chi connectivity index (χ4n) is 1.94. The molecule has 0 bridgehead atoms. The summed E-state index contributed by atoms with van der Waals surface area (Å²) in [6, 6.07) is 11.9. The van der Waals surface area contributed by atoms with E-state index in [9.17, 15) is 4.79 Å². The van der Waals surface area contributed by atoms with Crippen molar-refractivity contribution in [1.82, 2.24) is 9.88 Å². The first-order valence-corrected chi connectivity index (χ1v) is 7.07. The first-order chi connectivity index (χ1) is 9.09. The quantitative estimate of drug-likeness (QED) is 0.914. The molecule has 100 valence electrons. The molecule has 0 saturated carbocycles. The Morgan fingerprint density at radius 2 is 2.00 bits per heavy atom. The number of amides is 1. The van der Waals surface area contributed by atoms with Gasteiger partial charge in [0.15, 0.2) is 0 Å². The number of hydrogen-bond donors (Lipinski definition) is 1. The highest BCUT2D eigenvalue weighted by atomic mass is 79.9. The highest BCUT2D eigenvalue weighted by Crippen LogP contribution is 2.16. The van der Waals surface area contributed by atoms with Gasteiger partial charge >= 0.3 is 0 Å². The molecule has 0 saturated heterocycles. The predicted octanol–water partition coefficient (Wildman–Crippen LogP) is 3.76. The molecule has 0 aliphatic carbocycles. The highest BCUT2D eigenvalue weighted by Gasteiger charge is 2.12. The molecule has 2 aromatic rings. The Bertz CT molecular complexity index is 575. The van der Waals surface area contributed by atoms with Crippen LogP contribution in [0.2, 0.25) is 0 Å². The summed E-state index contributed by atoms with van der Waals surface area (Å²) in [6.45, 7) is 4.64. The van der Waals surface area contributed by atoms with Crippen LogP contribution >= 0.6 is 15.9 Å². The molecule has 0 fully saturated rings. The Hall–Kier alpha value is -1.55. The normalized spacial score (nSPS) is 10.7. The largest absolute Gasteiger partial charge is 0.347 e. The molecule has 0 aliphatic heterocycles. The second-order valence-corrected chi connectivity index (χ2v) is 5.52. The van der Waals surface area contributed by atoms with Gasteiger partial charge in [0.2, 0.25) is 0 Å². The van der Waals surface area contributed by atoms with E-state index in [1.54, 1.807) is 0 Å². The van der Waals surface area contributed by atoms with Crippen molar-refractivity contribution in [1.29, 1.82) is 0 Å². The molecular formula is C15H17BrN2O. The van der Waals surface area contributed by atoms with Gasteiger partial charge in [-0.2, -0.15) is 0 Å². The monoisotopic (exact) mass is 320 g/mol. The Balaban J connectivity index is 2.06. The van der Waals surface area contributed by atoms with Gasteiger partial charge in [0, 0.05) is 23.3 Å². The Morgan fingerprint density at radius 1 is 1.26 bits per heavy atom. The third-order valence-electron chi connectivity index (χ3n) is 2.97. The molecular weight excluding hydrogens is 304 g/mol. The van der Waals surface area contributed by atoms with Crippen LogP contribution in [-0.2, 0) is 6.54 Å². The summed E-state index contributed by atoms with van der Waals surface area (Å²) in [6.07, 6.45) is 1.93. The SMILES string of the molecule is CC(C)n1cccc1C(=O)NCc1ccccc1Br. The minimum absolute atomic E-state index is 0.0468. The van der Waals surface area contributed by atoms with Gasteiger partial charge in [0.25, 0.3) is 5.91 Å². The van der Waals surface area contributed by atoms with E-state index in [0.717, 1.165) is 10.0 Å². The fraction of sp³-hybridized carbons (Fsp3) is 0.267. The van der Waals surface area contributed by atoms with E-state index in [1.807, 2.05) is 47.2 Å². The van der Waals surface area contributed by atoms with E-state index >= 15 is 0 Å². The van der Waals surface area contributed by atoms with Crippen LogP contribution in [0.5, 0.6) is 0 Å². The number of benzene rings is 1. The van der Waals surface area contributed by atoms with Crippen LogP contribution in [0.1, 0.15) is 35.9 Å². The topological polar surface area (TPSA) is 34.0 Å². The Kier molecular flexibility index (Phi) is 4.43. The van der Waals surface area contributed by atoms with Crippen LogP contribution in [0.15, 0.2) is 47.1 Å². The van der Waals surface area contributed by atoms with Crippen LogP contribution < -0.4 is 5.32 Å². The van der Waals surface area contributed by atoms with Gasteiger partial charge in [0.05, 0.1) is 0 Å². The van der Waals surface area contributed by atoms with Crippen molar-refractivity contribution in [3.8, 4) is 0 Å². The number of hydrogen-bond acceptors (Lipinski definition) is 1. The summed E-state index contributed by atoms with van der Waals surface area (Å²) in [5.74, 6) is -0.0468. The molecule has 0 radical (unpaired) electrons. The standard InChI is InChI=1S/C15H17BrN2O/c1-11(2)18-9-5-8-14(18)15(19)17-10-12-6-3-4-7-13(12)16/h3-9,11H,10H2,1-2H3,(H,17,19). The van der Waals surface area contributed by atoms with Gasteiger partial charge in [-0.05, 0) is 37.6 Å². The maximum Gasteiger partial charge on any atom is 0.268 e. The summed E-state index contributed by atoms with van der Waals surface area (Å²) >= 11 is 3.48. The van der Waals surface area contributed by atoms with Gasteiger partial charge in [-0.1, -0.05) is 34.1 Å². The molecule has 1 N–H and O–H groups in total. The second kappa shape index (κ2) is 6.06. The molecule has 1 amide bonds. The zero-order valence-electron chi connectivity index (χ0n) is 11.1. The van der Waals surface area contributed by atoms with Gasteiger partial charge in [0.1, 0.15) is 5.69 Å². The van der Waals surface area contributed by atoms with E-state index in [1.165, 1.54) is 0 Å². The number of carbonyl (C=O) groups is 1. The number of rotatable bonds is 4. The second-order valence-electron chi connectivity index (χ2n) is 4.67. The molecule has 1 heterocycles.